The maximum atomic E-state index is 13.0. The summed E-state index contributed by atoms with van der Waals surface area (Å²) in [7, 11) is 0. The first-order valence-corrected chi connectivity index (χ1v) is 6.59. The lowest BCUT2D eigenvalue weighted by molar-refractivity contribution is -0.116. The van der Waals surface area contributed by atoms with E-state index in [1.54, 1.807) is 24.3 Å². The molecule has 110 valence electrons. The molecule has 0 unspecified atom stereocenters. The van der Waals surface area contributed by atoms with E-state index >= 15 is 0 Å². The molecule has 0 aromatic heterocycles. The van der Waals surface area contributed by atoms with E-state index in [9.17, 15) is 9.18 Å². The number of anilines is 2. The van der Waals surface area contributed by atoms with Crippen LogP contribution in [-0.4, -0.2) is 12.5 Å². The van der Waals surface area contributed by atoms with Crippen LogP contribution in [0.15, 0.2) is 42.5 Å². The van der Waals surface area contributed by atoms with Crippen molar-refractivity contribution in [1.29, 1.82) is 0 Å². The second-order valence-corrected chi connectivity index (χ2v) is 4.68. The van der Waals surface area contributed by atoms with Crippen molar-refractivity contribution in [2.24, 2.45) is 0 Å². The molecule has 0 heterocycles. The SMILES string of the molecule is Cc1ccc(N)cc1NC(=O)CCOc1cccc(F)c1. The highest BCUT2D eigenvalue weighted by molar-refractivity contribution is 5.92. The molecule has 2 aromatic rings. The molecule has 0 fully saturated rings. The van der Waals surface area contributed by atoms with E-state index in [-0.39, 0.29) is 24.8 Å². The van der Waals surface area contributed by atoms with Gasteiger partial charge in [0.1, 0.15) is 11.6 Å². The van der Waals surface area contributed by atoms with Crippen molar-refractivity contribution >= 4 is 17.3 Å². The van der Waals surface area contributed by atoms with Crippen molar-refractivity contribution in [3.8, 4) is 5.75 Å². The highest BCUT2D eigenvalue weighted by Gasteiger charge is 2.06. The minimum Gasteiger partial charge on any atom is -0.493 e. The lowest BCUT2D eigenvalue weighted by Gasteiger charge is -2.10. The Labute approximate surface area is 122 Å². The molecule has 5 heteroatoms. The number of nitrogens with one attached hydrogen (secondary N) is 1. The van der Waals surface area contributed by atoms with Crippen LogP contribution in [0.2, 0.25) is 0 Å². The van der Waals surface area contributed by atoms with Crippen LogP contribution in [0.1, 0.15) is 12.0 Å². The second-order valence-electron chi connectivity index (χ2n) is 4.68. The number of rotatable bonds is 5. The Morgan fingerprint density at radius 3 is 2.86 bits per heavy atom. The summed E-state index contributed by atoms with van der Waals surface area (Å²) in [5, 5.41) is 2.78. The van der Waals surface area contributed by atoms with Gasteiger partial charge in [0.2, 0.25) is 5.91 Å². The minimum absolute atomic E-state index is 0.171. The maximum absolute atomic E-state index is 13.0. The summed E-state index contributed by atoms with van der Waals surface area (Å²) in [4.78, 5) is 11.8. The lowest BCUT2D eigenvalue weighted by Crippen LogP contribution is -2.16. The topological polar surface area (TPSA) is 64.3 Å². The Morgan fingerprint density at radius 1 is 1.29 bits per heavy atom. The number of amides is 1. The standard InChI is InChI=1S/C16H17FN2O2/c1-11-5-6-13(18)10-15(11)19-16(20)7-8-21-14-4-2-3-12(17)9-14/h2-6,9-10H,7-8,18H2,1H3,(H,19,20). The number of ether oxygens (including phenoxy) is 1. The van der Waals surface area contributed by atoms with Crippen LogP contribution in [0.25, 0.3) is 0 Å². The zero-order valence-corrected chi connectivity index (χ0v) is 11.7. The van der Waals surface area contributed by atoms with Gasteiger partial charge in [0.05, 0.1) is 13.0 Å². The van der Waals surface area contributed by atoms with Crippen molar-refractivity contribution in [2.45, 2.75) is 13.3 Å². The smallest absolute Gasteiger partial charge is 0.227 e. The van der Waals surface area contributed by atoms with Gasteiger partial charge in [-0.2, -0.15) is 0 Å². The largest absolute Gasteiger partial charge is 0.493 e. The second kappa shape index (κ2) is 6.74. The van der Waals surface area contributed by atoms with E-state index < -0.39 is 0 Å². The predicted molar refractivity (Wildman–Crippen MR) is 80.7 cm³/mol. The Balaban J connectivity index is 1.84. The molecule has 0 aliphatic rings. The number of carbonyl (C=O) groups is 1. The number of benzene rings is 2. The average Bonchev–Trinajstić information content (AvgIpc) is 2.43. The summed E-state index contributed by atoms with van der Waals surface area (Å²) in [6.45, 7) is 2.06. The molecule has 3 N–H and O–H groups in total. The van der Waals surface area contributed by atoms with Gasteiger partial charge in [0.15, 0.2) is 0 Å². The van der Waals surface area contributed by atoms with E-state index in [0.717, 1.165) is 5.56 Å². The van der Waals surface area contributed by atoms with Gasteiger partial charge in [-0.25, -0.2) is 4.39 Å². The summed E-state index contributed by atoms with van der Waals surface area (Å²) < 4.78 is 18.3. The van der Waals surface area contributed by atoms with Crippen molar-refractivity contribution in [3.63, 3.8) is 0 Å². The van der Waals surface area contributed by atoms with E-state index in [2.05, 4.69) is 5.32 Å². The number of hydrogen-bond donors (Lipinski definition) is 2. The molecule has 0 saturated heterocycles. The molecule has 0 atom stereocenters. The third-order valence-corrected chi connectivity index (χ3v) is 2.93. The van der Waals surface area contributed by atoms with Crippen LogP contribution in [0.4, 0.5) is 15.8 Å². The first-order chi connectivity index (χ1) is 10.0. The monoisotopic (exact) mass is 288 g/mol. The maximum Gasteiger partial charge on any atom is 0.227 e. The van der Waals surface area contributed by atoms with Gasteiger partial charge < -0.3 is 15.8 Å². The number of hydrogen-bond acceptors (Lipinski definition) is 3. The first-order valence-electron chi connectivity index (χ1n) is 6.59. The van der Waals surface area contributed by atoms with Crippen LogP contribution in [0.5, 0.6) is 5.75 Å². The van der Waals surface area contributed by atoms with Crippen LogP contribution < -0.4 is 15.8 Å². The van der Waals surface area contributed by atoms with Gasteiger partial charge in [-0.3, -0.25) is 4.79 Å². The fraction of sp³-hybridized carbons (Fsp3) is 0.188. The summed E-state index contributed by atoms with van der Waals surface area (Å²) in [6.07, 6.45) is 0.171. The Hall–Kier alpha value is -2.56. The first kappa shape index (κ1) is 14.8. The quantitative estimate of drug-likeness (QED) is 0.831. The zero-order chi connectivity index (χ0) is 15.2. The molecule has 0 aliphatic heterocycles. The molecule has 1 amide bonds. The molecule has 21 heavy (non-hydrogen) atoms. The van der Waals surface area contributed by atoms with Gasteiger partial charge in [-0.05, 0) is 36.8 Å². The number of nitrogen functional groups attached to an aromatic ring is 1. The summed E-state index contributed by atoms with van der Waals surface area (Å²) in [5.74, 6) is -0.143. The number of halogens is 1. The normalized spacial score (nSPS) is 10.2. The van der Waals surface area contributed by atoms with Crippen molar-refractivity contribution in [1.82, 2.24) is 0 Å². The Morgan fingerprint density at radius 2 is 2.10 bits per heavy atom. The van der Waals surface area contributed by atoms with Gasteiger partial charge in [-0.1, -0.05) is 12.1 Å². The Bertz CT molecular complexity index is 644. The summed E-state index contributed by atoms with van der Waals surface area (Å²) in [6, 6.07) is 11.1. The van der Waals surface area contributed by atoms with Crippen LogP contribution in [-0.2, 0) is 4.79 Å². The van der Waals surface area contributed by atoms with Gasteiger partial charge in [-0.15, -0.1) is 0 Å². The predicted octanol–water partition coefficient (Wildman–Crippen LogP) is 3.12. The third kappa shape index (κ3) is 4.49. The van der Waals surface area contributed by atoms with Gasteiger partial charge in [0.25, 0.3) is 0 Å². The molecule has 4 nitrogen and oxygen atoms in total. The highest BCUT2D eigenvalue weighted by Crippen LogP contribution is 2.18. The molecule has 0 bridgehead atoms. The van der Waals surface area contributed by atoms with Crippen LogP contribution >= 0.6 is 0 Å². The molecule has 2 aromatic carbocycles. The van der Waals surface area contributed by atoms with E-state index in [1.165, 1.54) is 12.1 Å². The third-order valence-electron chi connectivity index (χ3n) is 2.93. The van der Waals surface area contributed by atoms with Gasteiger partial charge in [0, 0.05) is 17.4 Å². The summed E-state index contributed by atoms with van der Waals surface area (Å²) in [5.41, 5.74) is 7.89. The molecule has 0 aliphatic carbocycles. The zero-order valence-electron chi connectivity index (χ0n) is 11.7. The molecule has 2 rings (SSSR count). The van der Waals surface area contributed by atoms with E-state index in [0.29, 0.717) is 17.1 Å². The number of aryl methyl sites for hydroxylation is 1. The molecule has 0 spiro atoms. The van der Waals surface area contributed by atoms with Crippen molar-refractivity contribution < 1.29 is 13.9 Å². The highest BCUT2D eigenvalue weighted by atomic mass is 19.1. The van der Waals surface area contributed by atoms with E-state index in [1.807, 2.05) is 13.0 Å². The Kier molecular flexibility index (Phi) is 4.77. The molecule has 0 saturated carbocycles. The average molecular weight is 288 g/mol. The molecule has 0 radical (unpaired) electrons. The fourth-order valence-corrected chi connectivity index (χ4v) is 1.81. The molecular formula is C16H17FN2O2. The number of carbonyl (C=O) groups excluding carboxylic acids is 1. The van der Waals surface area contributed by atoms with Crippen LogP contribution in [0, 0.1) is 12.7 Å². The lowest BCUT2D eigenvalue weighted by atomic mass is 10.2. The van der Waals surface area contributed by atoms with Crippen molar-refractivity contribution in [2.75, 3.05) is 17.7 Å². The van der Waals surface area contributed by atoms with Crippen molar-refractivity contribution in [3.05, 3.63) is 53.8 Å². The molecular weight excluding hydrogens is 271 g/mol. The fourth-order valence-electron chi connectivity index (χ4n) is 1.81. The minimum atomic E-state index is -0.368. The summed E-state index contributed by atoms with van der Waals surface area (Å²) >= 11 is 0. The van der Waals surface area contributed by atoms with Gasteiger partial charge >= 0.3 is 0 Å². The number of nitrogens with two attached hydrogens (primary N) is 1. The van der Waals surface area contributed by atoms with Crippen LogP contribution in [0.3, 0.4) is 0 Å². The van der Waals surface area contributed by atoms with E-state index in [4.69, 9.17) is 10.5 Å².